The smallest absolute Gasteiger partial charge is 0.311 e. The van der Waals surface area contributed by atoms with Gasteiger partial charge in [-0.2, -0.15) is 5.10 Å². The van der Waals surface area contributed by atoms with E-state index in [9.17, 15) is 9.59 Å². The number of likely N-dealkylation sites (tertiary alicyclic amines) is 1. The van der Waals surface area contributed by atoms with Gasteiger partial charge >= 0.3 is 5.97 Å². The zero-order valence-corrected chi connectivity index (χ0v) is 10.9. The molecule has 7 nitrogen and oxygen atoms in total. The van der Waals surface area contributed by atoms with Crippen molar-refractivity contribution in [1.82, 2.24) is 15.1 Å². The number of esters is 1. The molecule has 0 saturated carbocycles. The van der Waals surface area contributed by atoms with Crippen LogP contribution in [0.25, 0.3) is 0 Å². The number of fused-ring (bicyclic) bond motifs is 2. The van der Waals surface area contributed by atoms with Crippen LogP contribution in [-0.4, -0.2) is 53.3 Å². The number of carbonyl (C=O) groups excluding carboxylic acids is 2. The molecule has 1 aromatic heterocycles. The van der Waals surface area contributed by atoms with Crippen LogP contribution >= 0.6 is 0 Å². The molecule has 3 aliphatic rings. The van der Waals surface area contributed by atoms with E-state index >= 15 is 0 Å². The molecular weight excluding hydrogens is 262 g/mol. The van der Waals surface area contributed by atoms with E-state index in [1.54, 1.807) is 4.90 Å². The predicted molar refractivity (Wildman–Crippen MR) is 65.8 cm³/mol. The van der Waals surface area contributed by atoms with Crippen molar-refractivity contribution in [1.29, 1.82) is 0 Å². The van der Waals surface area contributed by atoms with Crippen molar-refractivity contribution in [3.8, 4) is 0 Å². The summed E-state index contributed by atoms with van der Waals surface area (Å²) in [6.07, 6.45) is 0.757. The Morgan fingerprint density at radius 2 is 2.30 bits per heavy atom. The molecule has 0 spiro atoms. The lowest BCUT2D eigenvalue weighted by Crippen LogP contribution is -2.32. The lowest BCUT2D eigenvalue weighted by Gasteiger charge is -2.18. The van der Waals surface area contributed by atoms with Gasteiger partial charge in [0.1, 0.15) is 0 Å². The van der Waals surface area contributed by atoms with Gasteiger partial charge < -0.3 is 14.4 Å². The molecule has 4 heterocycles. The third-order valence-corrected chi connectivity index (χ3v) is 4.37. The number of rotatable bonds is 1. The summed E-state index contributed by atoms with van der Waals surface area (Å²) in [6, 6.07) is 0. The number of hydrogen-bond donors (Lipinski definition) is 1. The zero-order valence-electron chi connectivity index (χ0n) is 10.9. The van der Waals surface area contributed by atoms with Crippen LogP contribution in [-0.2, 0) is 27.3 Å². The SMILES string of the molecule is O=C1OC[C@H]2CN(C(=O)c3n[nH]c4c3COCC4)C[C@@H]12. The molecule has 0 aliphatic carbocycles. The van der Waals surface area contributed by atoms with Gasteiger partial charge in [0.05, 0.1) is 25.7 Å². The number of ether oxygens (including phenoxy) is 2. The van der Waals surface area contributed by atoms with Crippen molar-refractivity contribution in [3.63, 3.8) is 0 Å². The number of hydrogen-bond acceptors (Lipinski definition) is 5. The van der Waals surface area contributed by atoms with E-state index in [1.165, 1.54) is 0 Å². The molecule has 0 aromatic carbocycles. The van der Waals surface area contributed by atoms with Gasteiger partial charge in [-0.15, -0.1) is 0 Å². The Kier molecular flexibility index (Phi) is 2.56. The first-order chi connectivity index (χ1) is 9.74. The highest BCUT2D eigenvalue weighted by Gasteiger charge is 2.46. The predicted octanol–water partition coefficient (Wildman–Crippen LogP) is -0.273. The maximum absolute atomic E-state index is 12.6. The van der Waals surface area contributed by atoms with Crippen LogP contribution in [0, 0.1) is 11.8 Å². The molecule has 3 aliphatic heterocycles. The number of H-pyrrole nitrogens is 1. The molecular formula is C13H15N3O4. The third-order valence-electron chi connectivity index (χ3n) is 4.37. The van der Waals surface area contributed by atoms with Gasteiger partial charge in [-0.1, -0.05) is 0 Å². The second-order valence-electron chi connectivity index (χ2n) is 5.54. The molecule has 0 unspecified atom stereocenters. The second-order valence-corrected chi connectivity index (χ2v) is 5.54. The quantitative estimate of drug-likeness (QED) is 0.714. The summed E-state index contributed by atoms with van der Waals surface area (Å²) < 4.78 is 10.4. The zero-order chi connectivity index (χ0) is 13.7. The molecule has 20 heavy (non-hydrogen) atoms. The Morgan fingerprint density at radius 3 is 3.15 bits per heavy atom. The number of amides is 1. The molecule has 7 heteroatoms. The first-order valence-electron chi connectivity index (χ1n) is 6.84. The molecule has 2 fully saturated rings. The lowest BCUT2D eigenvalue weighted by atomic mass is 10.0. The van der Waals surface area contributed by atoms with Gasteiger partial charge in [0.2, 0.25) is 0 Å². The average Bonchev–Trinajstić information content (AvgIpc) is 3.14. The van der Waals surface area contributed by atoms with E-state index in [1.807, 2.05) is 0 Å². The highest BCUT2D eigenvalue weighted by molar-refractivity contribution is 5.94. The fourth-order valence-electron chi connectivity index (χ4n) is 3.21. The number of aromatic amines is 1. The maximum Gasteiger partial charge on any atom is 0.311 e. The summed E-state index contributed by atoms with van der Waals surface area (Å²) >= 11 is 0. The van der Waals surface area contributed by atoms with E-state index in [0.29, 0.717) is 38.6 Å². The Labute approximate surface area is 115 Å². The molecule has 2 atom stereocenters. The van der Waals surface area contributed by atoms with Crippen molar-refractivity contribution in [2.75, 3.05) is 26.3 Å². The van der Waals surface area contributed by atoms with Crippen molar-refractivity contribution in [2.24, 2.45) is 11.8 Å². The molecule has 2 saturated heterocycles. The fourth-order valence-corrected chi connectivity index (χ4v) is 3.21. The van der Waals surface area contributed by atoms with Gasteiger partial charge in [0.15, 0.2) is 5.69 Å². The molecule has 1 amide bonds. The van der Waals surface area contributed by atoms with E-state index in [0.717, 1.165) is 17.7 Å². The number of nitrogens with zero attached hydrogens (tertiary/aromatic N) is 2. The van der Waals surface area contributed by atoms with Gasteiger partial charge in [-0.05, 0) is 0 Å². The first kappa shape index (κ1) is 11.9. The van der Waals surface area contributed by atoms with Crippen LogP contribution < -0.4 is 0 Å². The van der Waals surface area contributed by atoms with Crippen LogP contribution in [0.3, 0.4) is 0 Å². The molecule has 106 valence electrons. The van der Waals surface area contributed by atoms with Crippen LogP contribution in [0.15, 0.2) is 0 Å². The van der Waals surface area contributed by atoms with E-state index in [-0.39, 0.29) is 23.7 Å². The maximum atomic E-state index is 12.6. The topological polar surface area (TPSA) is 84.5 Å². The highest BCUT2D eigenvalue weighted by Crippen LogP contribution is 2.31. The van der Waals surface area contributed by atoms with Crippen molar-refractivity contribution in [3.05, 3.63) is 17.0 Å². The monoisotopic (exact) mass is 277 g/mol. The highest BCUT2D eigenvalue weighted by atomic mass is 16.5. The van der Waals surface area contributed by atoms with Crippen LogP contribution in [0.2, 0.25) is 0 Å². The summed E-state index contributed by atoms with van der Waals surface area (Å²) in [7, 11) is 0. The minimum atomic E-state index is -0.183. The molecule has 1 aromatic rings. The Hall–Kier alpha value is -1.89. The number of carbonyl (C=O) groups is 2. The third kappa shape index (κ3) is 1.66. The van der Waals surface area contributed by atoms with Gasteiger partial charge in [-0.3, -0.25) is 14.7 Å². The minimum Gasteiger partial charge on any atom is -0.465 e. The summed E-state index contributed by atoms with van der Waals surface area (Å²) in [5.41, 5.74) is 2.28. The molecule has 1 N–H and O–H groups in total. The normalized spacial score (nSPS) is 28.2. The summed E-state index contributed by atoms with van der Waals surface area (Å²) in [6.45, 7) is 2.51. The van der Waals surface area contributed by atoms with Crippen molar-refractivity contribution < 1.29 is 19.1 Å². The van der Waals surface area contributed by atoms with Gasteiger partial charge in [0, 0.05) is 36.7 Å². The van der Waals surface area contributed by atoms with Crippen molar-refractivity contribution in [2.45, 2.75) is 13.0 Å². The Balaban J connectivity index is 1.56. The second kappa shape index (κ2) is 4.31. The fraction of sp³-hybridized carbons (Fsp3) is 0.615. The average molecular weight is 277 g/mol. The molecule has 0 radical (unpaired) electrons. The first-order valence-corrected chi connectivity index (χ1v) is 6.84. The van der Waals surface area contributed by atoms with E-state index in [4.69, 9.17) is 9.47 Å². The minimum absolute atomic E-state index is 0.116. The van der Waals surface area contributed by atoms with Crippen LogP contribution in [0.1, 0.15) is 21.7 Å². The number of cyclic esters (lactones) is 1. The Bertz CT molecular complexity index is 582. The van der Waals surface area contributed by atoms with Gasteiger partial charge in [0.25, 0.3) is 5.91 Å². The molecule has 4 rings (SSSR count). The van der Waals surface area contributed by atoms with Crippen LogP contribution in [0.5, 0.6) is 0 Å². The van der Waals surface area contributed by atoms with E-state index in [2.05, 4.69) is 10.2 Å². The summed E-state index contributed by atoms with van der Waals surface area (Å²) in [5, 5.41) is 7.06. The van der Waals surface area contributed by atoms with E-state index < -0.39 is 0 Å². The largest absolute Gasteiger partial charge is 0.465 e. The number of nitrogens with one attached hydrogen (secondary N) is 1. The molecule has 0 bridgehead atoms. The lowest BCUT2D eigenvalue weighted by molar-refractivity contribution is -0.141. The van der Waals surface area contributed by atoms with Gasteiger partial charge in [-0.25, -0.2) is 0 Å². The summed E-state index contributed by atoms with van der Waals surface area (Å²) in [5.74, 6) is -0.324. The standard InChI is InChI=1S/C13H15N3O4/c17-12(11-9-6-19-2-1-10(9)14-15-11)16-3-7-5-20-13(18)8(7)4-16/h7-8H,1-6H2,(H,14,15)/t7-,8-/m1/s1. The van der Waals surface area contributed by atoms with Crippen LogP contribution in [0.4, 0.5) is 0 Å². The summed E-state index contributed by atoms with van der Waals surface area (Å²) in [4.78, 5) is 25.8. The van der Waals surface area contributed by atoms with Crippen molar-refractivity contribution >= 4 is 11.9 Å². The Morgan fingerprint density at radius 1 is 1.40 bits per heavy atom. The number of aromatic nitrogens is 2.